The number of hydrogen-bond acceptors (Lipinski definition) is 1. The Bertz CT molecular complexity index is 440. The fraction of sp³-hybridized carbons (Fsp3) is 0.222. The number of alkyl halides is 3. The first-order valence-corrected chi connectivity index (χ1v) is 4.83. The monoisotopic (exact) mass is 288 g/mol. The zero-order valence-corrected chi connectivity index (χ0v) is 9.29. The first kappa shape index (κ1) is 14.5. The lowest BCUT2D eigenvalue weighted by molar-refractivity contribution is -0.122. The van der Waals surface area contributed by atoms with E-state index in [0.717, 1.165) is 0 Å². The van der Waals surface area contributed by atoms with Crippen LogP contribution in [0.3, 0.4) is 0 Å². The van der Waals surface area contributed by atoms with Gasteiger partial charge in [0.2, 0.25) is 0 Å². The third-order valence-electron chi connectivity index (χ3n) is 1.69. The number of carbonyl (C=O) groups excluding carboxylic acids is 1. The van der Waals surface area contributed by atoms with Crippen LogP contribution in [0.5, 0.6) is 0 Å². The van der Waals surface area contributed by atoms with Gasteiger partial charge in [0.05, 0.1) is 10.7 Å². The van der Waals surface area contributed by atoms with Crippen molar-refractivity contribution in [2.45, 2.75) is 6.18 Å². The summed E-state index contributed by atoms with van der Waals surface area (Å²) in [6.45, 7) is -1.58. The number of urea groups is 1. The number of halogens is 6. The molecule has 2 N–H and O–H groups in total. The van der Waals surface area contributed by atoms with Crippen LogP contribution in [0.2, 0.25) is 5.02 Å². The van der Waals surface area contributed by atoms with E-state index < -0.39 is 41.1 Å². The number of rotatable bonds is 2. The number of amides is 2. The first-order valence-electron chi connectivity index (χ1n) is 4.45. The SMILES string of the molecule is O=C(NCC(F)(F)F)Nc1c(F)cc(F)cc1Cl. The highest BCUT2D eigenvalue weighted by Crippen LogP contribution is 2.26. The highest BCUT2D eigenvalue weighted by Gasteiger charge is 2.28. The fourth-order valence-corrected chi connectivity index (χ4v) is 1.24. The third-order valence-corrected chi connectivity index (χ3v) is 1.99. The van der Waals surface area contributed by atoms with Gasteiger partial charge in [-0.25, -0.2) is 13.6 Å². The van der Waals surface area contributed by atoms with E-state index in [9.17, 15) is 26.7 Å². The van der Waals surface area contributed by atoms with Crippen LogP contribution in [0, 0.1) is 11.6 Å². The van der Waals surface area contributed by atoms with Gasteiger partial charge in [-0.1, -0.05) is 11.6 Å². The van der Waals surface area contributed by atoms with Crippen molar-refractivity contribution < 1.29 is 26.7 Å². The molecule has 100 valence electrons. The third kappa shape index (κ3) is 4.36. The molecule has 1 aromatic rings. The maximum atomic E-state index is 13.2. The van der Waals surface area contributed by atoms with Crippen molar-refractivity contribution in [3.8, 4) is 0 Å². The molecular weight excluding hydrogens is 283 g/mol. The van der Waals surface area contributed by atoms with Crippen molar-refractivity contribution in [1.29, 1.82) is 0 Å². The second-order valence-electron chi connectivity index (χ2n) is 3.17. The van der Waals surface area contributed by atoms with Gasteiger partial charge in [-0.2, -0.15) is 13.2 Å². The molecule has 0 aliphatic carbocycles. The number of benzene rings is 1. The summed E-state index contributed by atoms with van der Waals surface area (Å²) >= 11 is 5.42. The van der Waals surface area contributed by atoms with E-state index in [1.54, 1.807) is 5.32 Å². The van der Waals surface area contributed by atoms with E-state index in [2.05, 4.69) is 0 Å². The molecular formula is C9H6ClF5N2O. The van der Waals surface area contributed by atoms with Crippen molar-refractivity contribution >= 4 is 23.3 Å². The van der Waals surface area contributed by atoms with Crippen molar-refractivity contribution in [3.05, 3.63) is 28.8 Å². The Morgan fingerprint density at radius 1 is 1.28 bits per heavy atom. The number of carbonyl (C=O) groups is 1. The Morgan fingerprint density at radius 2 is 1.89 bits per heavy atom. The van der Waals surface area contributed by atoms with Crippen molar-refractivity contribution in [1.82, 2.24) is 5.32 Å². The molecule has 0 fully saturated rings. The molecule has 3 nitrogen and oxygen atoms in total. The minimum Gasteiger partial charge on any atom is -0.329 e. The number of nitrogens with one attached hydrogen (secondary N) is 2. The molecule has 0 aliphatic heterocycles. The van der Waals surface area contributed by atoms with Crippen LogP contribution >= 0.6 is 11.6 Å². The molecule has 0 saturated carbocycles. The predicted octanol–water partition coefficient (Wildman–Crippen LogP) is 3.30. The van der Waals surface area contributed by atoms with Gasteiger partial charge in [-0.15, -0.1) is 0 Å². The van der Waals surface area contributed by atoms with Crippen LogP contribution in [-0.2, 0) is 0 Å². The highest BCUT2D eigenvalue weighted by atomic mass is 35.5. The highest BCUT2D eigenvalue weighted by molar-refractivity contribution is 6.33. The molecule has 1 rings (SSSR count). The standard InChI is InChI=1S/C9H6ClF5N2O/c10-5-1-4(11)2-6(12)7(5)17-8(18)16-3-9(13,14)15/h1-2H,3H2,(H2,16,17,18). The summed E-state index contributed by atoms with van der Waals surface area (Å²) in [6, 6.07) is -0.158. The second-order valence-corrected chi connectivity index (χ2v) is 3.57. The van der Waals surface area contributed by atoms with Crippen LogP contribution in [-0.4, -0.2) is 18.8 Å². The van der Waals surface area contributed by atoms with Gasteiger partial charge in [-0.3, -0.25) is 0 Å². The Kier molecular flexibility index (Phi) is 4.33. The topological polar surface area (TPSA) is 41.1 Å². The van der Waals surface area contributed by atoms with E-state index in [1.165, 1.54) is 5.32 Å². The molecule has 0 heterocycles. The van der Waals surface area contributed by atoms with E-state index in [0.29, 0.717) is 12.1 Å². The summed E-state index contributed by atoms with van der Waals surface area (Å²) in [6.07, 6.45) is -4.59. The van der Waals surface area contributed by atoms with E-state index in [4.69, 9.17) is 11.6 Å². The largest absolute Gasteiger partial charge is 0.405 e. The van der Waals surface area contributed by atoms with Gasteiger partial charge < -0.3 is 10.6 Å². The predicted molar refractivity (Wildman–Crippen MR) is 54.4 cm³/mol. The smallest absolute Gasteiger partial charge is 0.329 e. The quantitative estimate of drug-likeness (QED) is 0.806. The molecule has 0 saturated heterocycles. The van der Waals surface area contributed by atoms with E-state index >= 15 is 0 Å². The van der Waals surface area contributed by atoms with Gasteiger partial charge in [0, 0.05) is 6.07 Å². The van der Waals surface area contributed by atoms with Crippen molar-refractivity contribution in [2.24, 2.45) is 0 Å². The Morgan fingerprint density at radius 3 is 2.39 bits per heavy atom. The van der Waals surface area contributed by atoms with Crippen LogP contribution in [0.1, 0.15) is 0 Å². The van der Waals surface area contributed by atoms with Crippen LogP contribution in [0.25, 0.3) is 0 Å². The molecule has 2 amide bonds. The van der Waals surface area contributed by atoms with Gasteiger partial charge in [0.25, 0.3) is 0 Å². The van der Waals surface area contributed by atoms with Crippen molar-refractivity contribution in [2.75, 3.05) is 11.9 Å². The van der Waals surface area contributed by atoms with Crippen molar-refractivity contribution in [3.63, 3.8) is 0 Å². The molecule has 0 aromatic heterocycles. The molecule has 0 aliphatic rings. The lowest BCUT2D eigenvalue weighted by Gasteiger charge is -2.11. The number of anilines is 1. The summed E-state index contributed by atoms with van der Waals surface area (Å²) in [5, 5.41) is 2.74. The van der Waals surface area contributed by atoms with Crippen LogP contribution in [0.15, 0.2) is 12.1 Å². The molecule has 1 aromatic carbocycles. The molecule has 0 unspecified atom stereocenters. The minimum atomic E-state index is -4.59. The average Bonchev–Trinajstić information content (AvgIpc) is 2.19. The molecule has 0 bridgehead atoms. The summed E-state index contributed by atoms with van der Waals surface area (Å²) in [4.78, 5) is 11.0. The summed E-state index contributed by atoms with van der Waals surface area (Å²) < 4.78 is 61.1. The average molecular weight is 289 g/mol. The van der Waals surface area contributed by atoms with Gasteiger partial charge in [0.15, 0.2) is 5.82 Å². The maximum Gasteiger partial charge on any atom is 0.405 e. The molecule has 0 atom stereocenters. The van der Waals surface area contributed by atoms with Crippen LogP contribution < -0.4 is 10.6 Å². The fourth-order valence-electron chi connectivity index (χ4n) is 1.000. The minimum absolute atomic E-state index is 0.436. The Labute approximate surface area is 103 Å². The van der Waals surface area contributed by atoms with Gasteiger partial charge in [-0.05, 0) is 6.07 Å². The maximum absolute atomic E-state index is 13.2. The Balaban J connectivity index is 2.71. The van der Waals surface area contributed by atoms with Gasteiger partial charge in [0.1, 0.15) is 12.4 Å². The first-order chi connectivity index (χ1) is 8.19. The summed E-state index contributed by atoms with van der Waals surface area (Å²) in [5.41, 5.74) is -0.599. The summed E-state index contributed by atoms with van der Waals surface area (Å²) in [5.74, 6) is -2.17. The Hall–Kier alpha value is -1.57. The molecule has 9 heteroatoms. The molecule has 0 radical (unpaired) electrons. The lowest BCUT2D eigenvalue weighted by atomic mass is 10.3. The summed E-state index contributed by atoms with van der Waals surface area (Å²) in [7, 11) is 0. The van der Waals surface area contributed by atoms with E-state index in [1.807, 2.05) is 0 Å². The van der Waals surface area contributed by atoms with Gasteiger partial charge >= 0.3 is 12.2 Å². The zero-order valence-electron chi connectivity index (χ0n) is 8.54. The number of hydrogen-bond donors (Lipinski definition) is 2. The van der Waals surface area contributed by atoms with E-state index in [-0.39, 0.29) is 0 Å². The lowest BCUT2D eigenvalue weighted by Crippen LogP contribution is -2.36. The van der Waals surface area contributed by atoms with Crippen LogP contribution in [0.4, 0.5) is 32.4 Å². The normalized spacial score (nSPS) is 11.2. The second kappa shape index (κ2) is 5.38. The molecule has 18 heavy (non-hydrogen) atoms. The molecule has 0 spiro atoms. The zero-order chi connectivity index (χ0) is 13.9.